The summed E-state index contributed by atoms with van der Waals surface area (Å²) in [5.74, 6) is -1.09. The molecule has 1 heterocycles. The van der Waals surface area contributed by atoms with Gasteiger partial charge in [-0.3, -0.25) is 0 Å². The number of carboxylic acid groups (broad SMARTS) is 1. The Morgan fingerprint density at radius 3 is 2.89 bits per heavy atom. The van der Waals surface area contributed by atoms with Crippen molar-refractivity contribution < 1.29 is 14.6 Å². The zero-order chi connectivity index (χ0) is 13.1. The molecule has 0 unspecified atom stereocenters. The lowest BCUT2D eigenvalue weighted by atomic mass is 10.1. The molecule has 4 nitrogen and oxygen atoms in total. The first kappa shape index (κ1) is 12.2. The predicted octanol–water partition coefficient (Wildman–Crippen LogP) is 2.94. The van der Waals surface area contributed by atoms with E-state index in [1.807, 2.05) is 31.2 Å². The van der Waals surface area contributed by atoms with Gasteiger partial charge in [0.15, 0.2) is 0 Å². The number of benzene rings is 1. The average Bonchev–Trinajstić information content (AvgIpc) is 2.67. The number of hydrogen-bond acceptors (Lipinski definition) is 2. The molecule has 0 bridgehead atoms. The molecule has 0 saturated heterocycles. The zero-order valence-electron chi connectivity index (χ0n) is 10.4. The monoisotopic (exact) mass is 245 g/mol. The van der Waals surface area contributed by atoms with E-state index in [1.54, 1.807) is 6.92 Å². The standard InChI is InChI=1S/C14H15NO3/c1-3-18-13(14(16)17)8-10-4-5-12-11(7-10)6-9(2)15-12/h4-8,15H,3H2,1-2H3,(H,16,17)/b13-8-. The van der Waals surface area contributed by atoms with Crippen LogP contribution in [-0.2, 0) is 9.53 Å². The largest absolute Gasteiger partial charge is 0.487 e. The van der Waals surface area contributed by atoms with E-state index in [1.165, 1.54) is 6.08 Å². The Morgan fingerprint density at radius 2 is 2.22 bits per heavy atom. The number of aromatic nitrogens is 1. The molecule has 4 heteroatoms. The highest BCUT2D eigenvalue weighted by atomic mass is 16.5. The summed E-state index contributed by atoms with van der Waals surface area (Å²) in [5, 5.41) is 10.0. The number of aromatic amines is 1. The third-order valence-electron chi connectivity index (χ3n) is 2.59. The van der Waals surface area contributed by atoms with Crippen LogP contribution >= 0.6 is 0 Å². The van der Waals surface area contributed by atoms with Crippen molar-refractivity contribution >= 4 is 22.9 Å². The number of rotatable bonds is 4. The van der Waals surface area contributed by atoms with Crippen LogP contribution in [0.3, 0.4) is 0 Å². The van der Waals surface area contributed by atoms with Crippen molar-refractivity contribution in [2.45, 2.75) is 13.8 Å². The summed E-state index contributed by atoms with van der Waals surface area (Å²) >= 11 is 0. The molecule has 0 aliphatic carbocycles. The van der Waals surface area contributed by atoms with E-state index < -0.39 is 5.97 Å². The number of H-pyrrole nitrogens is 1. The van der Waals surface area contributed by atoms with Gasteiger partial charge in [0.2, 0.25) is 5.76 Å². The Morgan fingerprint density at radius 1 is 1.44 bits per heavy atom. The topological polar surface area (TPSA) is 62.3 Å². The average molecular weight is 245 g/mol. The zero-order valence-corrected chi connectivity index (χ0v) is 10.4. The van der Waals surface area contributed by atoms with E-state index in [0.717, 1.165) is 22.2 Å². The molecule has 0 aliphatic heterocycles. The van der Waals surface area contributed by atoms with E-state index in [-0.39, 0.29) is 5.76 Å². The van der Waals surface area contributed by atoms with Gasteiger partial charge in [-0.1, -0.05) is 6.07 Å². The van der Waals surface area contributed by atoms with E-state index in [4.69, 9.17) is 9.84 Å². The Bertz CT molecular complexity index is 611. The number of ether oxygens (including phenoxy) is 1. The smallest absolute Gasteiger partial charge is 0.371 e. The normalized spacial score (nSPS) is 11.8. The summed E-state index contributed by atoms with van der Waals surface area (Å²) in [4.78, 5) is 14.2. The van der Waals surface area contributed by atoms with Crippen molar-refractivity contribution in [3.8, 4) is 0 Å². The Kier molecular flexibility index (Phi) is 3.37. The molecule has 2 rings (SSSR count). The molecule has 1 aromatic heterocycles. The van der Waals surface area contributed by atoms with E-state index in [9.17, 15) is 4.79 Å². The number of aryl methyl sites for hydroxylation is 1. The highest BCUT2D eigenvalue weighted by Crippen LogP contribution is 2.18. The molecule has 18 heavy (non-hydrogen) atoms. The highest BCUT2D eigenvalue weighted by Gasteiger charge is 2.08. The number of carboxylic acids is 1. The summed E-state index contributed by atoms with van der Waals surface area (Å²) in [7, 11) is 0. The molecule has 0 saturated carbocycles. The maximum absolute atomic E-state index is 11.0. The Balaban J connectivity index is 2.40. The van der Waals surface area contributed by atoms with Gasteiger partial charge < -0.3 is 14.8 Å². The van der Waals surface area contributed by atoms with E-state index in [0.29, 0.717) is 6.61 Å². The summed E-state index contributed by atoms with van der Waals surface area (Å²) in [6.07, 6.45) is 1.54. The van der Waals surface area contributed by atoms with Crippen LogP contribution in [0, 0.1) is 6.92 Å². The quantitative estimate of drug-likeness (QED) is 0.643. The van der Waals surface area contributed by atoms with Crippen molar-refractivity contribution in [3.05, 3.63) is 41.3 Å². The molecular formula is C14H15NO3. The van der Waals surface area contributed by atoms with Crippen LogP contribution in [0.1, 0.15) is 18.2 Å². The van der Waals surface area contributed by atoms with Gasteiger partial charge in [0.1, 0.15) is 0 Å². The fourth-order valence-electron chi connectivity index (χ4n) is 1.86. The summed E-state index contributed by atoms with van der Waals surface area (Å²) in [6, 6.07) is 7.74. The Hall–Kier alpha value is -2.23. The van der Waals surface area contributed by atoms with Gasteiger partial charge in [0, 0.05) is 16.6 Å². The Labute approximate surface area is 105 Å². The van der Waals surface area contributed by atoms with Gasteiger partial charge in [-0.05, 0) is 43.7 Å². The third kappa shape index (κ3) is 2.53. The molecule has 0 amide bonds. The van der Waals surface area contributed by atoms with Crippen LogP contribution in [0.4, 0.5) is 0 Å². The second-order valence-electron chi connectivity index (χ2n) is 4.05. The van der Waals surface area contributed by atoms with Gasteiger partial charge >= 0.3 is 5.97 Å². The van der Waals surface area contributed by atoms with Crippen LogP contribution in [0.5, 0.6) is 0 Å². The first-order valence-corrected chi connectivity index (χ1v) is 5.77. The molecule has 2 N–H and O–H groups in total. The van der Waals surface area contributed by atoms with Crippen molar-refractivity contribution in [3.63, 3.8) is 0 Å². The lowest BCUT2D eigenvalue weighted by Crippen LogP contribution is -2.04. The molecule has 0 radical (unpaired) electrons. The van der Waals surface area contributed by atoms with E-state index in [2.05, 4.69) is 4.98 Å². The molecule has 2 aromatic rings. The lowest BCUT2D eigenvalue weighted by molar-refractivity contribution is -0.136. The SMILES string of the molecule is CCO/C(=C\c1ccc2[nH]c(C)cc2c1)C(=O)O. The molecule has 0 spiro atoms. The van der Waals surface area contributed by atoms with Crippen LogP contribution in [0.15, 0.2) is 30.0 Å². The number of nitrogens with one attached hydrogen (secondary N) is 1. The number of aliphatic carboxylic acids is 1. The molecule has 0 aliphatic rings. The second-order valence-corrected chi connectivity index (χ2v) is 4.05. The fourth-order valence-corrected chi connectivity index (χ4v) is 1.86. The highest BCUT2D eigenvalue weighted by molar-refractivity contribution is 5.91. The minimum atomic E-state index is -1.05. The lowest BCUT2D eigenvalue weighted by Gasteiger charge is -2.03. The molecular weight excluding hydrogens is 230 g/mol. The minimum absolute atomic E-state index is 0.0379. The summed E-state index contributed by atoms with van der Waals surface area (Å²) in [5.41, 5.74) is 2.93. The predicted molar refractivity (Wildman–Crippen MR) is 70.3 cm³/mol. The van der Waals surface area contributed by atoms with Gasteiger partial charge in [-0.2, -0.15) is 0 Å². The van der Waals surface area contributed by atoms with Crippen molar-refractivity contribution in [2.24, 2.45) is 0 Å². The van der Waals surface area contributed by atoms with Crippen molar-refractivity contribution in [1.82, 2.24) is 4.98 Å². The number of fused-ring (bicyclic) bond motifs is 1. The maximum atomic E-state index is 11.0. The first-order valence-electron chi connectivity index (χ1n) is 5.77. The first-order chi connectivity index (χ1) is 8.60. The maximum Gasteiger partial charge on any atom is 0.371 e. The van der Waals surface area contributed by atoms with Gasteiger partial charge in [-0.15, -0.1) is 0 Å². The summed E-state index contributed by atoms with van der Waals surface area (Å²) in [6.45, 7) is 4.08. The third-order valence-corrected chi connectivity index (χ3v) is 2.59. The minimum Gasteiger partial charge on any atom is -0.487 e. The molecule has 94 valence electrons. The number of carbonyl (C=O) groups is 1. The second kappa shape index (κ2) is 4.96. The molecule has 0 fully saturated rings. The fraction of sp³-hybridized carbons (Fsp3) is 0.214. The van der Waals surface area contributed by atoms with Crippen molar-refractivity contribution in [1.29, 1.82) is 0 Å². The van der Waals surface area contributed by atoms with Crippen LogP contribution < -0.4 is 0 Å². The summed E-state index contributed by atoms with van der Waals surface area (Å²) < 4.78 is 5.08. The number of hydrogen-bond donors (Lipinski definition) is 2. The molecule has 1 aromatic carbocycles. The molecule has 0 atom stereocenters. The van der Waals surface area contributed by atoms with Crippen LogP contribution in [0.2, 0.25) is 0 Å². The van der Waals surface area contributed by atoms with Crippen molar-refractivity contribution in [2.75, 3.05) is 6.61 Å². The van der Waals surface area contributed by atoms with Crippen LogP contribution in [0.25, 0.3) is 17.0 Å². The van der Waals surface area contributed by atoms with Crippen LogP contribution in [-0.4, -0.2) is 22.7 Å². The van der Waals surface area contributed by atoms with E-state index >= 15 is 0 Å². The van der Waals surface area contributed by atoms with Gasteiger partial charge in [0.25, 0.3) is 0 Å². The van der Waals surface area contributed by atoms with Gasteiger partial charge in [-0.25, -0.2) is 4.79 Å². The van der Waals surface area contributed by atoms with Gasteiger partial charge in [0.05, 0.1) is 6.61 Å².